The Kier molecular flexibility index (Phi) is 3.62. The zero-order valence-electron chi connectivity index (χ0n) is 11.0. The fourth-order valence-electron chi connectivity index (χ4n) is 2.12. The number of anilines is 1. The summed E-state index contributed by atoms with van der Waals surface area (Å²) < 4.78 is 19.3. The van der Waals surface area contributed by atoms with E-state index in [9.17, 15) is 4.39 Å². The number of aromatic nitrogens is 1. The first-order chi connectivity index (χ1) is 10.2. The lowest BCUT2D eigenvalue weighted by atomic mass is 10.1. The Labute approximate surface area is 126 Å². The minimum atomic E-state index is -0.563. The molecule has 0 saturated carbocycles. The molecule has 3 rings (SSSR count). The Balaban J connectivity index is 1.92. The summed E-state index contributed by atoms with van der Waals surface area (Å²) in [5, 5.41) is 0.887. The standard InChI is InChI=1S/C16H12ClFN2O/c17-12-4-1-5-14(15(12)18)21-9-10-6-7-13(19)11-3-2-8-20-16(10)11/h1-8H,9,19H2. The van der Waals surface area contributed by atoms with Gasteiger partial charge in [0.25, 0.3) is 0 Å². The van der Waals surface area contributed by atoms with Crippen LogP contribution in [0, 0.1) is 5.82 Å². The number of nitrogens with two attached hydrogens (primary N) is 1. The van der Waals surface area contributed by atoms with Crippen molar-refractivity contribution in [3.8, 4) is 5.75 Å². The van der Waals surface area contributed by atoms with Crippen LogP contribution in [0.1, 0.15) is 5.56 Å². The normalized spacial score (nSPS) is 10.8. The lowest BCUT2D eigenvalue weighted by Crippen LogP contribution is -2.00. The maximum atomic E-state index is 13.8. The van der Waals surface area contributed by atoms with Gasteiger partial charge in [-0.2, -0.15) is 0 Å². The molecule has 0 bridgehead atoms. The van der Waals surface area contributed by atoms with E-state index in [-0.39, 0.29) is 17.4 Å². The molecule has 0 fully saturated rings. The molecule has 0 saturated heterocycles. The summed E-state index contributed by atoms with van der Waals surface area (Å²) in [6.45, 7) is 0.186. The van der Waals surface area contributed by atoms with Gasteiger partial charge in [-0.15, -0.1) is 0 Å². The first kappa shape index (κ1) is 13.6. The Morgan fingerprint density at radius 3 is 2.86 bits per heavy atom. The summed E-state index contributed by atoms with van der Waals surface area (Å²) in [6, 6.07) is 12.0. The van der Waals surface area contributed by atoms with Gasteiger partial charge in [-0.3, -0.25) is 4.98 Å². The van der Waals surface area contributed by atoms with Gasteiger partial charge in [0.05, 0.1) is 10.5 Å². The van der Waals surface area contributed by atoms with Crippen LogP contribution >= 0.6 is 11.6 Å². The van der Waals surface area contributed by atoms with E-state index in [1.165, 1.54) is 12.1 Å². The fraction of sp³-hybridized carbons (Fsp3) is 0.0625. The van der Waals surface area contributed by atoms with Gasteiger partial charge in [0, 0.05) is 22.8 Å². The van der Waals surface area contributed by atoms with E-state index < -0.39 is 5.82 Å². The predicted octanol–water partition coefficient (Wildman–Crippen LogP) is 4.19. The Hall–Kier alpha value is -2.33. The Morgan fingerprint density at radius 1 is 1.14 bits per heavy atom. The quantitative estimate of drug-likeness (QED) is 0.738. The molecular formula is C16H12ClFN2O. The van der Waals surface area contributed by atoms with Crippen molar-refractivity contribution in [1.29, 1.82) is 0 Å². The van der Waals surface area contributed by atoms with E-state index in [1.807, 2.05) is 18.2 Å². The predicted molar refractivity (Wildman–Crippen MR) is 81.9 cm³/mol. The number of benzene rings is 2. The van der Waals surface area contributed by atoms with Gasteiger partial charge in [-0.25, -0.2) is 4.39 Å². The highest BCUT2D eigenvalue weighted by Crippen LogP contribution is 2.27. The van der Waals surface area contributed by atoms with Crippen LogP contribution < -0.4 is 10.5 Å². The van der Waals surface area contributed by atoms with E-state index in [0.717, 1.165) is 16.5 Å². The van der Waals surface area contributed by atoms with Gasteiger partial charge in [-0.05, 0) is 30.3 Å². The third-order valence-electron chi connectivity index (χ3n) is 3.19. The SMILES string of the molecule is Nc1ccc(COc2cccc(Cl)c2F)c2ncccc12. The van der Waals surface area contributed by atoms with Crippen LogP contribution in [0.5, 0.6) is 5.75 Å². The molecule has 0 unspecified atom stereocenters. The zero-order chi connectivity index (χ0) is 14.8. The molecule has 2 N–H and O–H groups in total. The van der Waals surface area contributed by atoms with E-state index in [0.29, 0.717) is 5.69 Å². The monoisotopic (exact) mass is 302 g/mol. The first-order valence-electron chi connectivity index (χ1n) is 6.35. The third-order valence-corrected chi connectivity index (χ3v) is 3.48. The van der Waals surface area contributed by atoms with Crippen LogP contribution in [-0.4, -0.2) is 4.98 Å². The van der Waals surface area contributed by atoms with Crippen LogP contribution in [0.4, 0.5) is 10.1 Å². The maximum Gasteiger partial charge on any atom is 0.183 e. The fourth-order valence-corrected chi connectivity index (χ4v) is 2.29. The van der Waals surface area contributed by atoms with Crippen molar-refractivity contribution in [2.75, 3.05) is 5.73 Å². The molecule has 1 aromatic heterocycles. The first-order valence-corrected chi connectivity index (χ1v) is 6.73. The number of nitrogen functional groups attached to an aromatic ring is 1. The summed E-state index contributed by atoms with van der Waals surface area (Å²) in [5.41, 5.74) is 8.15. The molecule has 0 spiro atoms. The van der Waals surface area contributed by atoms with Crippen molar-refractivity contribution in [2.45, 2.75) is 6.61 Å². The van der Waals surface area contributed by atoms with Crippen LogP contribution in [-0.2, 0) is 6.61 Å². The second-order valence-electron chi connectivity index (χ2n) is 4.55. The van der Waals surface area contributed by atoms with E-state index in [1.54, 1.807) is 18.3 Å². The van der Waals surface area contributed by atoms with Crippen molar-refractivity contribution in [3.05, 3.63) is 65.1 Å². The summed E-state index contributed by atoms with van der Waals surface area (Å²) in [7, 11) is 0. The molecule has 5 heteroatoms. The summed E-state index contributed by atoms with van der Waals surface area (Å²) in [5.74, 6) is -0.449. The summed E-state index contributed by atoms with van der Waals surface area (Å²) in [4.78, 5) is 4.31. The summed E-state index contributed by atoms with van der Waals surface area (Å²) >= 11 is 5.73. The molecule has 3 nitrogen and oxygen atoms in total. The molecule has 0 aliphatic carbocycles. The topological polar surface area (TPSA) is 48.1 Å². The molecule has 0 aliphatic heterocycles. The van der Waals surface area contributed by atoms with Gasteiger partial charge < -0.3 is 10.5 Å². The van der Waals surface area contributed by atoms with Gasteiger partial charge in [0.2, 0.25) is 0 Å². The maximum absolute atomic E-state index is 13.8. The molecule has 21 heavy (non-hydrogen) atoms. The number of hydrogen-bond acceptors (Lipinski definition) is 3. The molecule has 0 amide bonds. The summed E-state index contributed by atoms with van der Waals surface area (Å²) in [6.07, 6.45) is 1.69. The van der Waals surface area contributed by atoms with Crippen molar-refractivity contribution < 1.29 is 9.13 Å². The number of rotatable bonds is 3. The molecule has 0 radical (unpaired) electrons. The number of fused-ring (bicyclic) bond motifs is 1. The molecule has 106 valence electrons. The van der Waals surface area contributed by atoms with Crippen LogP contribution in [0.3, 0.4) is 0 Å². The molecule has 1 heterocycles. The molecule has 0 aliphatic rings. The number of nitrogens with zero attached hydrogens (tertiary/aromatic N) is 1. The average Bonchev–Trinajstić information content (AvgIpc) is 2.51. The highest BCUT2D eigenvalue weighted by molar-refractivity contribution is 6.30. The van der Waals surface area contributed by atoms with Crippen molar-refractivity contribution >= 4 is 28.2 Å². The highest BCUT2D eigenvalue weighted by Gasteiger charge is 2.10. The van der Waals surface area contributed by atoms with Crippen molar-refractivity contribution in [2.24, 2.45) is 0 Å². The minimum Gasteiger partial charge on any atom is -0.486 e. The van der Waals surface area contributed by atoms with Crippen molar-refractivity contribution in [3.63, 3.8) is 0 Å². The van der Waals surface area contributed by atoms with Crippen molar-refractivity contribution in [1.82, 2.24) is 4.98 Å². The minimum absolute atomic E-state index is 0.0350. The second kappa shape index (κ2) is 5.58. The second-order valence-corrected chi connectivity index (χ2v) is 4.96. The largest absolute Gasteiger partial charge is 0.486 e. The van der Waals surface area contributed by atoms with Gasteiger partial charge in [0.1, 0.15) is 6.61 Å². The smallest absolute Gasteiger partial charge is 0.183 e. The molecule has 3 aromatic rings. The molecule has 2 aromatic carbocycles. The third kappa shape index (κ3) is 2.62. The van der Waals surface area contributed by atoms with E-state index >= 15 is 0 Å². The Morgan fingerprint density at radius 2 is 2.00 bits per heavy atom. The molecular weight excluding hydrogens is 291 g/mol. The molecule has 0 atom stereocenters. The number of ether oxygens (including phenoxy) is 1. The van der Waals surface area contributed by atoms with Gasteiger partial charge in [0.15, 0.2) is 11.6 Å². The lowest BCUT2D eigenvalue weighted by Gasteiger charge is -2.10. The Bertz CT molecular complexity index is 807. The number of hydrogen-bond donors (Lipinski definition) is 1. The van der Waals surface area contributed by atoms with E-state index in [4.69, 9.17) is 22.1 Å². The van der Waals surface area contributed by atoms with Crippen LogP contribution in [0.2, 0.25) is 5.02 Å². The zero-order valence-corrected chi connectivity index (χ0v) is 11.8. The van der Waals surface area contributed by atoms with Gasteiger partial charge in [-0.1, -0.05) is 23.7 Å². The van der Waals surface area contributed by atoms with Crippen LogP contribution in [0.25, 0.3) is 10.9 Å². The van der Waals surface area contributed by atoms with E-state index in [2.05, 4.69) is 4.98 Å². The average molecular weight is 303 g/mol. The highest BCUT2D eigenvalue weighted by atomic mass is 35.5. The number of pyridine rings is 1. The lowest BCUT2D eigenvalue weighted by molar-refractivity contribution is 0.291. The number of halogens is 2. The van der Waals surface area contributed by atoms with Gasteiger partial charge >= 0.3 is 0 Å². The van der Waals surface area contributed by atoms with Crippen LogP contribution in [0.15, 0.2) is 48.7 Å².